The Morgan fingerprint density at radius 1 is 1.70 bits per heavy atom. The van der Waals surface area contributed by atoms with E-state index in [9.17, 15) is 0 Å². The molecule has 0 fully saturated rings. The minimum Gasteiger partial charge on any atom is -0.263 e. The van der Waals surface area contributed by atoms with Crippen LogP contribution in [0.4, 0.5) is 0 Å². The molecule has 1 rings (SSSR count). The highest BCUT2D eigenvalue weighted by Gasteiger charge is 2.00. The van der Waals surface area contributed by atoms with Crippen molar-refractivity contribution in [2.75, 3.05) is 0 Å². The van der Waals surface area contributed by atoms with E-state index >= 15 is 0 Å². The van der Waals surface area contributed by atoms with Crippen LogP contribution in [-0.4, -0.2) is 9.78 Å². The van der Waals surface area contributed by atoms with Gasteiger partial charge in [-0.3, -0.25) is 4.68 Å². The first kappa shape index (κ1) is 7.66. The highest BCUT2D eigenvalue weighted by atomic mass is 32.1. The van der Waals surface area contributed by atoms with Gasteiger partial charge in [0, 0.05) is 6.20 Å². The Bertz CT molecular complexity index is 205. The average Bonchev–Trinajstić information content (AvgIpc) is 2.34. The zero-order chi connectivity index (χ0) is 7.56. The maximum Gasteiger partial charge on any atom is 0.0834 e. The van der Waals surface area contributed by atoms with Gasteiger partial charge < -0.3 is 0 Å². The summed E-state index contributed by atoms with van der Waals surface area (Å²) in [6.07, 6.45) is 1.95. The van der Waals surface area contributed by atoms with Crippen LogP contribution in [-0.2, 0) is 5.88 Å². The SMILES string of the molecule is CC(C)c1ccn(CS)n1. The quantitative estimate of drug-likeness (QED) is 0.647. The van der Waals surface area contributed by atoms with Gasteiger partial charge in [-0.1, -0.05) is 13.8 Å². The number of hydrogen-bond acceptors (Lipinski definition) is 2. The van der Waals surface area contributed by atoms with E-state index in [1.54, 1.807) is 0 Å². The third-order valence-electron chi connectivity index (χ3n) is 1.40. The maximum atomic E-state index is 4.27. The molecule has 0 atom stereocenters. The van der Waals surface area contributed by atoms with Gasteiger partial charge in [-0.05, 0) is 12.0 Å². The zero-order valence-electron chi connectivity index (χ0n) is 6.28. The molecule has 0 spiro atoms. The smallest absolute Gasteiger partial charge is 0.0834 e. The van der Waals surface area contributed by atoms with Crippen LogP contribution in [0.15, 0.2) is 12.3 Å². The number of nitrogens with zero attached hydrogens (tertiary/aromatic N) is 2. The van der Waals surface area contributed by atoms with Crippen molar-refractivity contribution in [3.63, 3.8) is 0 Å². The summed E-state index contributed by atoms with van der Waals surface area (Å²) >= 11 is 4.09. The van der Waals surface area contributed by atoms with Crippen LogP contribution in [0.25, 0.3) is 0 Å². The summed E-state index contributed by atoms with van der Waals surface area (Å²) in [4.78, 5) is 0. The second-order valence-electron chi connectivity index (χ2n) is 2.58. The molecule has 0 saturated heterocycles. The molecular formula is C7H12N2S. The monoisotopic (exact) mass is 156 g/mol. The normalized spacial score (nSPS) is 10.8. The van der Waals surface area contributed by atoms with Gasteiger partial charge in [0.1, 0.15) is 0 Å². The van der Waals surface area contributed by atoms with Crippen LogP contribution in [0.2, 0.25) is 0 Å². The molecule has 1 aromatic heterocycles. The second kappa shape index (κ2) is 3.10. The molecule has 56 valence electrons. The van der Waals surface area contributed by atoms with Crippen molar-refractivity contribution in [1.82, 2.24) is 9.78 Å². The summed E-state index contributed by atoms with van der Waals surface area (Å²) in [5.74, 6) is 1.17. The second-order valence-corrected chi connectivity index (χ2v) is 2.86. The third-order valence-corrected chi connectivity index (χ3v) is 1.69. The molecule has 0 aliphatic carbocycles. The Kier molecular flexibility index (Phi) is 2.38. The lowest BCUT2D eigenvalue weighted by atomic mass is 10.1. The van der Waals surface area contributed by atoms with E-state index in [4.69, 9.17) is 0 Å². The topological polar surface area (TPSA) is 17.8 Å². The van der Waals surface area contributed by atoms with Gasteiger partial charge in [0.25, 0.3) is 0 Å². The van der Waals surface area contributed by atoms with Crippen LogP contribution in [0.3, 0.4) is 0 Å². The lowest BCUT2D eigenvalue weighted by Gasteiger charge is -1.97. The maximum absolute atomic E-state index is 4.27. The molecular weight excluding hydrogens is 144 g/mol. The summed E-state index contributed by atoms with van der Waals surface area (Å²) in [6, 6.07) is 2.03. The van der Waals surface area contributed by atoms with Gasteiger partial charge in [0.15, 0.2) is 0 Å². The van der Waals surface area contributed by atoms with Crippen LogP contribution in [0.5, 0.6) is 0 Å². The number of thiol groups is 1. The van der Waals surface area contributed by atoms with E-state index in [-0.39, 0.29) is 0 Å². The van der Waals surface area contributed by atoms with Gasteiger partial charge in [0.2, 0.25) is 0 Å². The van der Waals surface area contributed by atoms with E-state index in [0.717, 1.165) is 5.69 Å². The third kappa shape index (κ3) is 1.53. The number of hydrogen-bond donors (Lipinski definition) is 1. The zero-order valence-corrected chi connectivity index (χ0v) is 7.18. The molecule has 0 aliphatic heterocycles. The Labute approximate surface area is 66.7 Å². The Hall–Kier alpha value is -0.440. The van der Waals surface area contributed by atoms with E-state index in [1.165, 1.54) is 0 Å². The molecule has 2 nitrogen and oxygen atoms in total. The van der Waals surface area contributed by atoms with Crippen molar-refractivity contribution >= 4 is 12.6 Å². The molecule has 0 aromatic carbocycles. The summed E-state index contributed by atoms with van der Waals surface area (Å²) in [7, 11) is 0. The molecule has 0 radical (unpaired) electrons. The standard InChI is InChI=1S/C7H12N2S/c1-6(2)7-3-4-9(5-10)8-7/h3-4,6,10H,5H2,1-2H3. The summed E-state index contributed by atoms with van der Waals surface area (Å²) in [6.45, 7) is 4.26. The lowest BCUT2D eigenvalue weighted by Crippen LogP contribution is -1.95. The highest BCUT2D eigenvalue weighted by Crippen LogP contribution is 2.10. The van der Waals surface area contributed by atoms with Gasteiger partial charge in [-0.15, -0.1) is 0 Å². The molecule has 1 aromatic rings. The molecule has 0 saturated carbocycles. The predicted octanol–water partition coefficient (Wildman–Crippen LogP) is 1.89. The number of rotatable bonds is 2. The molecule has 10 heavy (non-hydrogen) atoms. The molecule has 3 heteroatoms. The summed E-state index contributed by atoms with van der Waals surface area (Å²) in [5.41, 5.74) is 1.13. The fourth-order valence-electron chi connectivity index (χ4n) is 0.764. The highest BCUT2D eigenvalue weighted by molar-refractivity contribution is 7.79. The molecule has 1 heterocycles. The van der Waals surface area contributed by atoms with Crippen molar-refractivity contribution in [2.45, 2.75) is 25.6 Å². The van der Waals surface area contributed by atoms with Crippen LogP contribution >= 0.6 is 12.6 Å². The van der Waals surface area contributed by atoms with Crippen molar-refractivity contribution in [3.05, 3.63) is 18.0 Å². The van der Waals surface area contributed by atoms with Crippen LogP contribution < -0.4 is 0 Å². The van der Waals surface area contributed by atoms with Crippen molar-refractivity contribution in [2.24, 2.45) is 0 Å². The average molecular weight is 156 g/mol. The van der Waals surface area contributed by atoms with E-state index in [2.05, 4.69) is 31.6 Å². The van der Waals surface area contributed by atoms with Gasteiger partial charge >= 0.3 is 0 Å². The summed E-state index contributed by atoms with van der Waals surface area (Å²) in [5, 5.41) is 4.27. The van der Waals surface area contributed by atoms with E-state index < -0.39 is 0 Å². The largest absolute Gasteiger partial charge is 0.263 e. The number of aromatic nitrogens is 2. The minimum atomic E-state index is 0.515. The predicted molar refractivity (Wildman–Crippen MR) is 45.3 cm³/mol. The molecule has 0 unspecified atom stereocenters. The van der Waals surface area contributed by atoms with Crippen molar-refractivity contribution in [3.8, 4) is 0 Å². The lowest BCUT2D eigenvalue weighted by molar-refractivity contribution is 0.704. The minimum absolute atomic E-state index is 0.515. The Morgan fingerprint density at radius 2 is 2.40 bits per heavy atom. The van der Waals surface area contributed by atoms with Crippen molar-refractivity contribution in [1.29, 1.82) is 0 Å². The fourth-order valence-corrected chi connectivity index (χ4v) is 0.922. The van der Waals surface area contributed by atoms with E-state index in [0.29, 0.717) is 11.8 Å². The van der Waals surface area contributed by atoms with Gasteiger partial charge in [-0.25, -0.2) is 0 Å². The summed E-state index contributed by atoms with van der Waals surface area (Å²) < 4.78 is 1.82. The first-order valence-corrected chi connectivity index (χ1v) is 4.01. The molecule has 0 bridgehead atoms. The molecule has 0 aliphatic rings. The van der Waals surface area contributed by atoms with Crippen LogP contribution in [0, 0.1) is 0 Å². The molecule has 0 N–H and O–H groups in total. The van der Waals surface area contributed by atoms with Crippen molar-refractivity contribution < 1.29 is 0 Å². The van der Waals surface area contributed by atoms with Gasteiger partial charge in [0.05, 0.1) is 11.6 Å². The first-order chi connectivity index (χ1) is 4.74. The Balaban J connectivity index is 2.78. The first-order valence-electron chi connectivity index (χ1n) is 3.38. The fraction of sp³-hybridized carbons (Fsp3) is 0.571. The van der Waals surface area contributed by atoms with Gasteiger partial charge in [-0.2, -0.15) is 17.7 Å². The van der Waals surface area contributed by atoms with Crippen LogP contribution in [0.1, 0.15) is 25.5 Å². The Morgan fingerprint density at radius 3 is 2.70 bits per heavy atom. The van der Waals surface area contributed by atoms with E-state index in [1.807, 2.05) is 16.9 Å². The molecule has 0 amide bonds.